The van der Waals surface area contributed by atoms with Crippen LogP contribution in [0.3, 0.4) is 0 Å². The monoisotopic (exact) mass is 392 g/mol. The van der Waals surface area contributed by atoms with E-state index in [9.17, 15) is 31.1 Å². The highest BCUT2D eigenvalue weighted by molar-refractivity contribution is 9.10. The summed E-state index contributed by atoms with van der Waals surface area (Å²) in [5, 5.41) is 2.92. The second-order valence-corrected chi connectivity index (χ2v) is 5.57. The number of halogens is 7. The van der Waals surface area contributed by atoms with Gasteiger partial charge in [-0.3, -0.25) is 0 Å². The van der Waals surface area contributed by atoms with Crippen molar-refractivity contribution in [3.63, 3.8) is 0 Å². The summed E-state index contributed by atoms with van der Waals surface area (Å²) in [6.07, 6.45) is -11.4. The van der Waals surface area contributed by atoms with Crippen LogP contribution in [0.2, 0.25) is 0 Å². The van der Waals surface area contributed by atoms with Crippen LogP contribution in [0.4, 0.5) is 36.8 Å². The molecule has 1 rings (SSSR count). The van der Waals surface area contributed by atoms with E-state index in [-0.39, 0.29) is 12.6 Å². The van der Waals surface area contributed by atoms with Crippen LogP contribution in [0.1, 0.15) is 12.5 Å². The third-order valence-corrected chi connectivity index (χ3v) is 3.43. The fraction of sp³-hybridized carbons (Fsp3) is 0.417. The van der Waals surface area contributed by atoms with Crippen molar-refractivity contribution in [3.05, 3.63) is 28.2 Å². The lowest BCUT2D eigenvalue weighted by Gasteiger charge is -2.34. The highest BCUT2D eigenvalue weighted by Crippen LogP contribution is 2.42. The van der Waals surface area contributed by atoms with Crippen LogP contribution >= 0.6 is 15.9 Å². The molecule has 1 aromatic carbocycles. The number of nitrogens with one attached hydrogen (secondary N) is 2. The first kappa shape index (κ1) is 18.6. The molecular formula is C12H11BrF6N2O. The lowest BCUT2D eigenvalue weighted by atomic mass is 10.0. The Morgan fingerprint density at radius 2 is 1.59 bits per heavy atom. The minimum absolute atomic E-state index is 0.0902. The number of benzene rings is 1. The molecule has 0 unspecified atom stereocenters. The molecule has 0 aliphatic heterocycles. The van der Waals surface area contributed by atoms with Gasteiger partial charge in [-0.2, -0.15) is 26.3 Å². The molecular weight excluding hydrogens is 382 g/mol. The maximum atomic E-state index is 12.7. The molecule has 3 nitrogen and oxygen atoms in total. The highest BCUT2D eigenvalue weighted by atomic mass is 79.9. The summed E-state index contributed by atoms with van der Waals surface area (Å²) >= 11 is 3.14. The standard InChI is InChI=1S/C12H11BrF6N2O/c1-6-5-7(13)3-4-8(6)20-9(22)21-10(2,11(14,15)16)12(17,18)19/h3-5H,1-2H3,(H2,20,21,22). The number of hydrogen-bond acceptors (Lipinski definition) is 1. The third kappa shape index (κ3) is 3.84. The summed E-state index contributed by atoms with van der Waals surface area (Å²) in [5.41, 5.74) is -3.80. The maximum Gasteiger partial charge on any atom is 0.420 e. The minimum Gasteiger partial charge on any atom is -0.316 e. The molecule has 0 atom stereocenters. The molecule has 124 valence electrons. The summed E-state index contributed by atoms with van der Waals surface area (Å²) in [4.78, 5) is 11.5. The molecule has 0 fully saturated rings. The van der Waals surface area contributed by atoms with Crippen molar-refractivity contribution in [1.82, 2.24) is 5.32 Å². The van der Waals surface area contributed by atoms with Gasteiger partial charge in [0.25, 0.3) is 0 Å². The van der Waals surface area contributed by atoms with Gasteiger partial charge in [-0.1, -0.05) is 15.9 Å². The van der Waals surface area contributed by atoms with Crippen molar-refractivity contribution in [2.24, 2.45) is 0 Å². The van der Waals surface area contributed by atoms with Crippen molar-refractivity contribution in [3.8, 4) is 0 Å². The molecule has 0 aliphatic carbocycles. The molecule has 0 aliphatic rings. The number of carbonyl (C=O) groups excluding carboxylic acids is 1. The van der Waals surface area contributed by atoms with Crippen LogP contribution in [-0.2, 0) is 0 Å². The normalized spacial score (nSPS) is 13.0. The Kier molecular flexibility index (Phi) is 5.05. The molecule has 0 bridgehead atoms. The first-order chi connectivity index (χ1) is 9.78. The maximum absolute atomic E-state index is 12.7. The number of hydrogen-bond donors (Lipinski definition) is 2. The second-order valence-electron chi connectivity index (χ2n) is 4.66. The molecule has 0 heterocycles. The van der Waals surface area contributed by atoms with Crippen molar-refractivity contribution in [2.75, 3.05) is 5.32 Å². The van der Waals surface area contributed by atoms with Crippen molar-refractivity contribution < 1.29 is 31.1 Å². The van der Waals surface area contributed by atoms with Gasteiger partial charge in [0.1, 0.15) is 0 Å². The Morgan fingerprint density at radius 1 is 1.09 bits per heavy atom. The fourth-order valence-electron chi connectivity index (χ4n) is 1.45. The SMILES string of the molecule is Cc1cc(Br)ccc1NC(=O)NC(C)(C(F)(F)F)C(F)(F)F. The summed E-state index contributed by atoms with van der Waals surface area (Å²) in [5.74, 6) is 0. The Balaban J connectivity index is 2.99. The Bertz CT molecular complexity index is 556. The second kappa shape index (κ2) is 5.98. The van der Waals surface area contributed by atoms with Crippen LogP contribution in [0.5, 0.6) is 0 Å². The van der Waals surface area contributed by atoms with E-state index < -0.39 is 23.9 Å². The van der Waals surface area contributed by atoms with Crippen LogP contribution < -0.4 is 10.6 Å². The molecule has 2 N–H and O–H groups in total. The van der Waals surface area contributed by atoms with E-state index in [1.165, 1.54) is 19.1 Å². The van der Waals surface area contributed by atoms with Gasteiger partial charge < -0.3 is 10.6 Å². The number of anilines is 1. The quantitative estimate of drug-likeness (QED) is 0.699. The number of rotatable bonds is 2. The van der Waals surface area contributed by atoms with Crippen LogP contribution in [-0.4, -0.2) is 23.9 Å². The molecule has 22 heavy (non-hydrogen) atoms. The van der Waals surface area contributed by atoms with Gasteiger partial charge in [0.15, 0.2) is 0 Å². The largest absolute Gasteiger partial charge is 0.420 e. The number of carbonyl (C=O) groups is 1. The van der Waals surface area contributed by atoms with E-state index in [4.69, 9.17) is 0 Å². The van der Waals surface area contributed by atoms with E-state index in [2.05, 4.69) is 15.9 Å². The number of aryl methyl sites for hydroxylation is 1. The predicted octanol–water partition coefficient (Wildman–Crippen LogP) is 4.76. The van der Waals surface area contributed by atoms with E-state index in [1.807, 2.05) is 5.32 Å². The molecule has 0 saturated carbocycles. The summed E-state index contributed by atoms with van der Waals surface area (Å²) in [6.45, 7) is 1.40. The zero-order valence-electron chi connectivity index (χ0n) is 11.3. The smallest absolute Gasteiger partial charge is 0.316 e. The van der Waals surface area contributed by atoms with Crippen LogP contribution in [0.15, 0.2) is 22.7 Å². The molecule has 1 aromatic rings. The van der Waals surface area contributed by atoms with Gasteiger partial charge in [-0.15, -0.1) is 0 Å². The number of amides is 2. The summed E-state index contributed by atoms with van der Waals surface area (Å²) in [7, 11) is 0. The molecule has 0 aromatic heterocycles. The minimum atomic E-state index is -5.70. The van der Waals surface area contributed by atoms with Crippen molar-refractivity contribution in [1.29, 1.82) is 0 Å². The van der Waals surface area contributed by atoms with Gasteiger partial charge >= 0.3 is 18.4 Å². The van der Waals surface area contributed by atoms with Gasteiger partial charge in [0.05, 0.1) is 0 Å². The number of alkyl halides is 6. The first-order valence-electron chi connectivity index (χ1n) is 5.77. The average Bonchev–Trinajstić information content (AvgIpc) is 2.29. The van der Waals surface area contributed by atoms with E-state index in [0.29, 0.717) is 10.0 Å². The lowest BCUT2D eigenvalue weighted by Crippen LogP contribution is -2.66. The third-order valence-electron chi connectivity index (χ3n) is 2.93. The zero-order chi connectivity index (χ0) is 17.3. The summed E-state index contributed by atoms with van der Waals surface area (Å²) < 4.78 is 76.6. The molecule has 0 radical (unpaired) electrons. The molecule has 10 heteroatoms. The lowest BCUT2D eigenvalue weighted by molar-refractivity contribution is -0.297. The summed E-state index contributed by atoms with van der Waals surface area (Å²) in [6, 6.07) is 2.76. The number of urea groups is 1. The molecule has 0 spiro atoms. The average molecular weight is 393 g/mol. The van der Waals surface area contributed by atoms with Gasteiger partial charge in [0.2, 0.25) is 5.54 Å². The first-order valence-corrected chi connectivity index (χ1v) is 6.56. The highest BCUT2D eigenvalue weighted by Gasteiger charge is 2.68. The van der Waals surface area contributed by atoms with Crippen molar-refractivity contribution >= 4 is 27.6 Å². The van der Waals surface area contributed by atoms with E-state index in [0.717, 1.165) is 5.32 Å². The van der Waals surface area contributed by atoms with Crippen LogP contribution in [0.25, 0.3) is 0 Å². The predicted molar refractivity (Wildman–Crippen MR) is 71.5 cm³/mol. The molecule has 2 amide bonds. The van der Waals surface area contributed by atoms with E-state index >= 15 is 0 Å². The van der Waals surface area contributed by atoms with Crippen LogP contribution in [0, 0.1) is 6.92 Å². The topological polar surface area (TPSA) is 41.1 Å². The van der Waals surface area contributed by atoms with Crippen molar-refractivity contribution in [2.45, 2.75) is 31.7 Å². The molecule has 0 saturated heterocycles. The van der Waals surface area contributed by atoms with E-state index in [1.54, 1.807) is 6.07 Å². The fourth-order valence-corrected chi connectivity index (χ4v) is 1.93. The van der Waals surface area contributed by atoms with Gasteiger partial charge in [0, 0.05) is 10.2 Å². The zero-order valence-corrected chi connectivity index (χ0v) is 12.9. The van der Waals surface area contributed by atoms with Gasteiger partial charge in [-0.05, 0) is 37.6 Å². The van der Waals surface area contributed by atoms with Gasteiger partial charge in [-0.25, -0.2) is 4.79 Å². The Hall–Kier alpha value is -1.45. The Labute approximate surface area is 130 Å². The Morgan fingerprint density at radius 3 is 2.00 bits per heavy atom.